The lowest BCUT2D eigenvalue weighted by Gasteiger charge is -2.19. The molecule has 1 aromatic rings. The van der Waals surface area contributed by atoms with E-state index in [0.717, 1.165) is 12.1 Å². The van der Waals surface area contributed by atoms with Gasteiger partial charge in [0.15, 0.2) is 11.6 Å². The quantitative estimate of drug-likeness (QED) is 0.786. The fourth-order valence-corrected chi connectivity index (χ4v) is 3.62. The Labute approximate surface area is 124 Å². The van der Waals surface area contributed by atoms with Gasteiger partial charge in [0.2, 0.25) is 15.0 Å². The molecule has 1 unspecified atom stereocenters. The third-order valence-electron chi connectivity index (χ3n) is 3.15. The van der Waals surface area contributed by atoms with E-state index in [-0.39, 0.29) is 30.2 Å². The highest BCUT2D eigenvalue weighted by atomic mass is 35.7. The molecule has 1 aromatic carbocycles. The van der Waals surface area contributed by atoms with Crippen LogP contribution >= 0.6 is 10.7 Å². The number of carbonyl (C=O) groups is 1. The Morgan fingerprint density at radius 2 is 2.00 bits per heavy atom. The Balaban J connectivity index is 2.31. The summed E-state index contributed by atoms with van der Waals surface area (Å²) >= 11 is 0. The second-order valence-corrected chi connectivity index (χ2v) is 7.54. The average molecular weight is 340 g/mol. The van der Waals surface area contributed by atoms with Gasteiger partial charge in [-0.25, -0.2) is 17.2 Å². The van der Waals surface area contributed by atoms with Gasteiger partial charge in [-0.05, 0) is 0 Å². The number of rotatable bonds is 4. The normalized spacial score (nSPS) is 19.1. The summed E-state index contributed by atoms with van der Waals surface area (Å²) in [7, 11) is 2.69. The standard InChI is InChI=1S/C12H12ClF2NO4S/c1-20-11-4-9(15)8(14)3-10(11)16-5-7(2-12(16)17)6-21(13,18)19/h3-4,7H,2,5-6H2,1H3. The van der Waals surface area contributed by atoms with Gasteiger partial charge in [-0.1, -0.05) is 0 Å². The molecule has 1 aliphatic heterocycles. The maximum absolute atomic E-state index is 13.4. The van der Waals surface area contributed by atoms with Crippen LogP contribution in [-0.2, 0) is 13.8 Å². The first-order valence-corrected chi connectivity index (χ1v) is 8.45. The Kier molecular flexibility index (Phi) is 4.38. The smallest absolute Gasteiger partial charge is 0.232 e. The molecule has 116 valence electrons. The highest BCUT2D eigenvalue weighted by molar-refractivity contribution is 8.13. The van der Waals surface area contributed by atoms with E-state index in [1.54, 1.807) is 0 Å². The number of amides is 1. The summed E-state index contributed by atoms with van der Waals surface area (Å²) in [5, 5.41) is 0. The molecule has 1 fully saturated rings. The van der Waals surface area contributed by atoms with E-state index in [0.29, 0.717) is 0 Å². The molecule has 0 aromatic heterocycles. The number of carbonyl (C=O) groups excluding carboxylic acids is 1. The van der Waals surface area contributed by atoms with Crippen molar-refractivity contribution in [2.24, 2.45) is 5.92 Å². The predicted molar refractivity (Wildman–Crippen MR) is 73.0 cm³/mol. The molecule has 9 heteroatoms. The van der Waals surface area contributed by atoms with Crippen LogP contribution in [0.4, 0.5) is 14.5 Å². The fraction of sp³-hybridized carbons (Fsp3) is 0.417. The highest BCUT2D eigenvalue weighted by Gasteiger charge is 2.35. The average Bonchev–Trinajstić information content (AvgIpc) is 2.70. The van der Waals surface area contributed by atoms with Gasteiger partial charge in [0.25, 0.3) is 0 Å². The summed E-state index contributed by atoms with van der Waals surface area (Å²) in [5.74, 6) is -3.48. The molecule has 21 heavy (non-hydrogen) atoms. The van der Waals surface area contributed by atoms with Crippen LogP contribution in [0.3, 0.4) is 0 Å². The first-order valence-electron chi connectivity index (χ1n) is 5.97. The van der Waals surface area contributed by atoms with E-state index in [4.69, 9.17) is 15.4 Å². The molecular weight excluding hydrogens is 328 g/mol. The Hall–Kier alpha value is -1.41. The molecule has 1 heterocycles. The zero-order valence-electron chi connectivity index (χ0n) is 11.0. The molecule has 1 saturated heterocycles. The predicted octanol–water partition coefficient (Wildman–Crippen LogP) is 1.89. The number of hydrogen-bond donors (Lipinski definition) is 0. The van der Waals surface area contributed by atoms with Gasteiger partial charge < -0.3 is 9.64 Å². The lowest BCUT2D eigenvalue weighted by atomic mass is 10.1. The third-order valence-corrected chi connectivity index (χ3v) is 4.40. The van der Waals surface area contributed by atoms with E-state index in [9.17, 15) is 22.0 Å². The summed E-state index contributed by atoms with van der Waals surface area (Å²) in [6.45, 7) is 0.0478. The number of anilines is 1. The van der Waals surface area contributed by atoms with Crippen molar-refractivity contribution in [3.63, 3.8) is 0 Å². The molecule has 2 rings (SSSR count). The van der Waals surface area contributed by atoms with Crippen LogP contribution in [0.2, 0.25) is 0 Å². The molecule has 1 aliphatic rings. The molecule has 0 bridgehead atoms. The molecule has 0 aliphatic carbocycles. The van der Waals surface area contributed by atoms with Gasteiger partial charge in [0.05, 0.1) is 18.6 Å². The summed E-state index contributed by atoms with van der Waals surface area (Å²) in [6.07, 6.45) is -0.0336. The monoisotopic (exact) mass is 339 g/mol. The van der Waals surface area contributed by atoms with E-state index in [1.165, 1.54) is 12.0 Å². The van der Waals surface area contributed by atoms with E-state index in [1.807, 2.05) is 0 Å². The second-order valence-electron chi connectivity index (χ2n) is 4.72. The Morgan fingerprint density at radius 1 is 1.38 bits per heavy atom. The van der Waals surface area contributed by atoms with Crippen LogP contribution in [0, 0.1) is 17.6 Å². The van der Waals surface area contributed by atoms with E-state index < -0.39 is 32.5 Å². The van der Waals surface area contributed by atoms with Crippen LogP contribution in [0.15, 0.2) is 12.1 Å². The number of nitrogens with zero attached hydrogens (tertiary/aromatic N) is 1. The van der Waals surface area contributed by atoms with Crippen LogP contribution in [0.25, 0.3) is 0 Å². The molecule has 5 nitrogen and oxygen atoms in total. The van der Waals surface area contributed by atoms with Crippen LogP contribution in [0.1, 0.15) is 6.42 Å². The van der Waals surface area contributed by atoms with Gasteiger partial charge in [-0.15, -0.1) is 0 Å². The van der Waals surface area contributed by atoms with E-state index in [2.05, 4.69) is 0 Å². The lowest BCUT2D eigenvalue weighted by Crippen LogP contribution is -2.26. The minimum atomic E-state index is -3.74. The van der Waals surface area contributed by atoms with Crippen molar-refractivity contribution in [2.75, 3.05) is 24.3 Å². The summed E-state index contributed by atoms with van der Waals surface area (Å²) in [4.78, 5) is 13.1. The molecule has 1 atom stereocenters. The first kappa shape index (κ1) is 16.0. The minimum absolute atomic E-state index is 0.00312. The highest BCUT2D eigenvalue weighted by Crippen LogP contribution is 2.35. The molecule has 0 saturated carbocycles. The Morgan fingerprint density at radius 3 is 2.57 bits per heavy atom. The minimum Gasteiger partial charge on any atom is -0.494 e. The maximum Gasteiger partial charge on any atom is 0.232 e. The molecule has 0 radical (unpaired) electrons. The SMILES string of the molecule is COc1cc(F)c(F)cc1N1CC(CS(=O)(=O)Cl)CC1=O. The third kappa shape index (κ3) is 3.62. The number of hydrogen-bond acceptors (Lipinski definition) is 4. The maximum atomic E-state index is 13.4. The molecule has 1 amide bonds. The van der Waals surface area contributed by atoms with E-state index >= 15 is 0 Å². The zero-order valence-corrected chi connectivity index (χ0v) is 12.5. The fourth-order valence-electron chi connectivity index (χ4n) is 2.30. The van der Waals surface area contributed by atoms with Crippen molar-refractivity contribution in [3.8, 4) is 5.75 Å². The summed E-state index contributed by atoms with van der Waals surface area (Å²) in [6, 6.07) is 1.69. The topological polar surface area (TPSA) is 63.7 Å². The molecule has 0 N–H and O–H groups in total. The van der Waals surface area contributed by atoms with Crippen molar-refractivity contribution in [3.05, 3.63) is 23.8 Å². The molecular formula is C12H12ClF2NO4S. The second kappa shape index (κ2) is 5.76. The zero-order chi connectivity index (χ0) is 15.8. The van der Waals surface area contributed by atoms with Gasteiger partial charge in [0.1, 0.15) is 5.75 Å². The largest absolute Gasteiger partial charge is 0.494 e. The number of methoxy groups -OCH3 is 1. The van der Waals surface area contributed by atoms with Gasteiger partial charge in [-0.2, -0.15) is 0 Å². The van der Waals surface area contributed by atoms with Crippen molar-refractivity contribution in [2.45, 2.75) is 6.42 Å². The van der Waals surface area contributed by atoms with Crippen LogP contribution in [-0.4, -0.2) is 33.7 Å². The lowest BCUT2D eigenvalue weighted by molar-refractivity contribution is -0.117. The van der Waals surface area contributed by atoms with Crippen LogP contribution in [0.5, 0.6) is 5.75 Å². The van der Waals surface area contributed by atoms with Gasteiger partial charge >= 0.3 is 0 Å². The number of ether oxygens (including phenoxy) is 1. The number of halogens is 3. The molecule has 0 spiro atoms. The van der Waals surface area contributed by atoms with Crippen molar-refractivity contribution < 1.29 is 26.7 Å². The van der Waals surface area contributed by atoms with Gasteiger partial charge in [0, 0.05) is 41.7 Å². The first-order chi connectivity index (χ1) is 9.71. The number of benzene rings is 1. The van der Waals surface area contributed by atoms with Crippen molar-refractivity contribution in [1.29, 1.82) is 0 Å². The Bertz CT molecular complexity index is 680. The van der Waals surface area contributed by atoms with Crippen molar-refractivity contribution >= 4 is 31.3 Å². The summed E-state index contributed by atoms with van der Waals surface area (Å²) < 4.78 is 53.6. The summed E-state index contributed by atoms with van der Waals surface area (Å²) in [5.41, 5.74) is 0.0656. The van der Waals surface area contributed by atoms with Crippen molar-refractivity contribution in [1.82, 2.24) is 0 Å². The van der Waals surface area contributed by atoms with Gasteiger partial charge in [-0.3, -0.25) is 4.79 Å². The van der Waals surface area contributed by atoms with Crippen LogP contribution < -0.4 is 9.64 Å².